The van der Waals surface area contributed by atoms with Crippen LogP contribution in [0.3, 0.4) is 0 Å². The third-order valence-corrected chi connectivity index (χ3v) is 9.55. The van der Waals surface area contributed by atoms with Gasteiger partial charge in [-0.15, -0.1) is 17.7 Å². The van der Waals surface area contributed by atoms with Gasteiger partial charge in [0, 0.05) is 23.9 Å². The minimum Gasteiger partial charge on any atom is -0.808 e. The average Bonchev–Trinajstić information content (AvgIpc) is 3.59. The van der Waals surface area contributed by atoms with E-state index >= 15 is 0 Å². The van der Waals surface area contributed by atoms with E-state index in [4.69, 9.17) is 0 Å². The molecular weight excluding hydrogens is 777 g/mol. The van der Waals surface area contributed by atoms with Crippen LogP contribution < -0.4 is 4.90 Å². The van der Waals surface area contributed by atoms with Crippen molar-refractivity contribution in [3.63, 3.8) is 0 Å². The number of rotatable bonds is 11. The Balaban J connectivity index is 0.000000323. The van der Waals surface area contributed by atoms with E-state index in [-0.39, 0.29) is 25.5 Å². The minimum atomic E-state index is 0. The van der Waals surface area contributed by atoms with Gasteiger partial charge in [0.15, 0.2) is 0 Å². The maximum atomic E-state index is 9.61. The number of fused-ring (bicyclic) bond motifs is 3. The van der Waals surface area contributed by atoms with E-state index in [2.05, 4.69) is 97.8 Å². The molecule has 0 saturated heterocycles. The summed E-state index contributed by atoms with van der Waals surface area (Å²) in [6.45, 7) is 12.3. The SMILES string of the molecule is CCCCC1(CCCC)c2ccccc2-c2ccc(-c3c[c-]c(N(C)/C(C)=C\C(C)=[N-])cc3)cc21.Cc1cc(C)n(-c2[c-]cccc2)n1.[Ir+3]. The quantitative estimate of drug-likeness (QED) is 0.0983. The summed E-state index contributed by atoms with van der Waals surface area (Å²) in [5, 5.41) is 14.0. The van der Waals surface area contributed by atoms with Crippen molar-refractivity contribution in [2.75, 3.05) is 11.9 Å². The van der Waals surface area contributed by atoms with Crippen molar-refractivity contribution < 1.29 is 20.1 Å². The molecule has 6 rings (SSSR count). The molecular formula is C44H49IrN4. The first-order valence-corrected chi connectivity index (χ1v) is 17.4. The van der Waals surface area contributed by atoms with Gasteiger partial charge in [-0.25, -0.2) is 0 Å². The molecule has 0 aliphatic heterocycles. The van der Waals surface area contributed by atoms with Gasteiger partial charge in [0.25, 0.3) is 0 Å². The monoisotopic (exact) mass is 826 g/mol. The summed E-state index contributed by atoms with van der Waals surface area (Å²) in [6.07, 6.45) is 9.11. The third-order valence-electron chi connectivity index (χ3n) is 9.55. The first-order valence-electron chi connectivity index (χ1n) is 17.4. The van der Waals surface area contributed by atoms with E-state index in [0.717, 1.165) is 28.5 Å². The van der Waals surface area contributed by atoms with Gasteiger partial charge in [-0.1, -0.05) is 106 Å². The van der Waals surface area contributed by atoms with Crippen LogP contribution in [0, 0.1) is 26.0 Å². The summed E-state index contributed by atoms with van der Waals surface area (Å²) in [4.78, 5) is 2.04. The Hall–Kier alpha value is -4.05. The van der Waals surface area contributed by atoms with Crippen LogP contribution in [0.5, 0.6) is 0 Å². The normalized spacial score (nSPS) is 12.7. The van der Waals surface area contributed by atoms with Gasteiger partial charge in [0.1, 0.15) is 0 Å². The number of allylic oxidation sites excluding steroid dienone is 2. The standard InChI is InChI=1S/C33H38N2.C11H11N2.Ir/c1-6-8-20-33(21-9-7-2)31-13-11-10-12-29(31)30-19-16-27(23-32(30)33)26-14-17-28(18-15-26)35(5)25(4)22-24(3)34;1-9-8-10(2)13(12-9)11-6-4-3-5-7-11;/h10-17,19,22-23H,6-9,20-21H2,1-5H3;3-6,8H,1-2H3;/q-2;-1;+3/b25-22-;;. The molecule has 4 nitrogen and oxygen atoms in total. The largest absolute Gasteiger partial charge is 3.00 e. The van der Waals surface area contributed by atoms with E-state index in [1.165, 1.54) is 71.9 Å². The topological polar surface area (TPSA) is 43.4 Å². The van der Waals surface area contributed by atoms with Crippen molar-refractivity contribution in [2.45, 2.75) is 85.5 Å². The molecule has 1 aliphatic carbocycles. The van der Waals surface area contributed by atoms with E-state index in [0.29, 0.717) is 5.71 Å². The summed E-state index contributed by atoms with van der Waals surface area (Å²) >= 11 is 0. The number of nitrogens with zero attached hydrogens (tertiary/aromatic N) is 4. The fourth-order valence-electron chi connectivity index (χ4n) is 7.04. The number of anilines is 1. The van der Waals surface area contributed by atoms with Crippen LogP contribution >= 0.6 is 0 Å². The average molecular weight is 826 g/mol. The summed E-state index contributed by atoms with van der Waals surface area (Å²) in [6, 6.07) is 39.1. The van der Waals surface area contributed by atoms with Gasteiger partial charge in [-0.2, -0.15) is 53.3 Å². The minimum absolute atomic E-state index is 0. The van der Waals surface area contributed by atoms with Gasteiger partial charge in [-0.3, -0.25) is 4.68 Å². The maximum absolute atomic E-state index is 9.61. The van der Waals surface area contributed by atoms with Gasteiger partial charge in [-0.05, 0) is 67.6 Å². The number of hydrogen-bond acceptors (Lipinski definition) is 2. The number of para-hydroxylation sites is 1. The molecule has 254 valence electrons. The Morgan fingerprint density at radius 1 is 0.837 bits per heavy atom. The van der Waals surface area contributed by atoms with Crippen LogP contribution in [0.25, 0.3) is 33.4 Å². The van der Waals surface area contributed by atoms with Crippen molar-refractivity contribution in [1.29, 1.82) is 0 Å². The summed E-state index contributed by atoms with van der Waals surface area (Å²) in [7, 11) is 2.00. The predicted molar refractivity (Wildman–Crippen MR) is 204 cm³/mol. The van der Waals surface area contributed by atoms with E-state index in [1.54, 1.807) is 13.0 Å². The molecule has 1 aromatic heterocycles. The van der Waals surface area contributed by atoms with Crippen LogP contribution in [0.15, 0.2) is 103 Å². The number of unbranched alkanes of at least 4 members (excludes halogenated alkanes) is 2. The smallest absolute Gasteiger partial charge is 0.808 e. The number of hydrogen-bond donors (Lipinski definition) is 0. The molecule has 0 bridgehead atoms. The number of aromatic nitrogens is 2. The molecule has 1 aliphatic rings. The summed E-state index contributed by atoms with van der Waals surface area (Å²) < 4.78 is 1.90. The Morgan fingerprint density at radius 2 is 1.51 bits per heavy atom. The maximum Gasteiger partial charge on any atom is 3.00 e. The van der Waals surface area contributed by atoms with Crippen molar-refractivity contribution in [2.24, 2.45) is 0 Å². The zero-order chi connectivity index (χ0) is 34.3. The molecule has 0 radical (unpaired) electrons. The molecule has 49 heavy (non-hydrogen) atoms. The molecule has 4 aromatic carbocycles. The van der Waals surface area contributed by atoms with Crippen molar-refractivity contribution >= 4 is 11.4 Å². The zero-order valence-corrected chi connectivity index (χ0v) is 32.5. The molecule has 1 heterocycles. The van der Waals surface area contributed by atoms with E-state index in [9.17, 15) is 5.41 Å². The van der Waals surface area contributed by atoms with E-state index < -0.39 is 0 Å². The molecule has 0 fully saturated rings. The number of benzene rings is 4. The summed E-state index contributed by atoms with van der Waals surface area (Å²) in [5.41, 5.74) is 13.8. The van der Waals surface area contributed by atoms with Crippen LogP contribution in [-0.4, -0.2) is 22.5 Å². The van der Waals surface area contributed by atoms with Gasteiger partial charge in [0.2, 0.25) is 0 Å². The molecule has 0 spiro atoms. The Morgan fingerprint density at radius 3 is 2.10 bits per heavy atom. The van der Waals surface area contributed by atoms with Crippen molar-refractivity contribution in [3.05, 3.63) is 143 Å². The molecule has 0 unspecified atom stereocenters. The van der Waals surface area contributed by atoms with Gasteiger partial charge in [0.05, 0.1) is 5.69 Å². The first kappa shape index (κ1) is 37.8. The molecule has 5 heteroatoms. The van der Waals surface area contributed by atoms with Crippen molar-refractivity contribution in [3.8, 4) is 27.9 Å². The predicted octanol–water partition coefficient (Wildman–Crippen LogP) is 11.5. The molecule has 0 amide bonds. The van der Waals surface area contributed by atoms with Gasteiger partial charge < -0.3 is 10.3 Å². The Labute approximate surface area is 308 Å². The second-order valence-corrected chi connectivity index (χ2v) is 13.1. The Kier molecular flexibility index (Phi) is 13.1. The number of aryl methyl sites for hydroxylation is 2. The summed E-state index contributed by atoms with van der Waals surface area (Å²) in [5.74, 6) is 0. The second kappa shape index (κ2) is 17.1. The Bertz CT molecular complexity index is 1860. The second-order valence-electron chi connectivity index (χ2n) is 13.1. The van der Waals surface area contributed by atoms with Crippen LogP contribution in [0.1, 0.15) is 88.7 Å². The van der Waals surface area contributed by atoms with Gasteiger partial charge >= 0.3 is 20.1 Å². The zero-order valence-electron chi connectivity index (χ0n) is 30.1. The molecule has 5 aromatic rings. The molecule has 0 atom stereocenters. The van der Waals surface area contributed by atoms with Crippen LogP contribution in [0.4, 0.5) is 5.69 Å². The fourth-order valence-corrected chi connectivity index (χ4v) is 7.04. The van der Waals surface area contributed by atoms with Crippen molar-refractivity contribution in [1.82, 2.24) is 9.78 Å². The first-order chi connectivity index (χ1) is 23.2. The van der Waals surface area contributed by atoms with Crippen LogP contribution in [0.2, 0.25) is 0 Å². The van der Waals surface area contributed by atoms with E-state index in [1.807, 2.05) is 61.7 Å². The third kappa shape index (κ3) is 8.40. The van der Waals surface area contributed by atoms with Crippen LogP contribution in [-0.2, 0) is 25.5 Å². The molecule has 0 N–H and O–H groups in total. The molecule has 0 saturated carbocycles. The fraction of sp³-hybridized carbons (Fsp3) is 0.318.